The van der Waals surface area contributed by atoms with Crippen LogP contribution < -0.4 is 14.9 Å². The number of ether oxygens (including phenoxy) is 2. The lowest BCUT2D eigenvalue weighted by Gasteiger charge is -2.09. The lowest BCUT2D eigenvalue weighted by molar-refractivity contribution is 0.395. The largest absolute Gasteiger partial charge is 0.501 e. The smallest absolute Gasteiger partial charge is 0.238 e. The first-order chi connectivity index (χ1) is 10.2. The topological polar surface area (TPSA) is 68.9 Å². The van der Waals surface area contributed by atoms with Crippen molar-refractivity contribution in [3.63, 3.8) is 0 Å². The molecule has 0 saturated carbocycles. The average Bonchev–Trinajstić information content (AvgIpc) is 3.03. The minimum atomic E-state index is -0.529. The fourth-order valence-corrected chi connectivity index (χ4v) is 2.81. The van der Waals surface area contributed by atoms with E-state index in [4.69, 9.17) is 13.9 Å². The van der Waals surface area contributed by atoms with Crippen LogP contribution in [0.2, 0.25) is 0 Å². The third kappa shape index (κ3) is 2.13. The minimum Gasteiger partial charge on any atom is -0.501 e. The van der Waals surface area contributed by atoms with E-state index in [0.29, 0.717) is 22.0 Å². The van der Waals surface area contributed by atoms with Gasteiger partial charge in [-0.05, 0) is 11.4 Å². The van der Waals surface area contributed by atoms with Gasteiger partial charge in [-0.3, -0.25) is 4.79 Å². The molecule has 0 bridgehead atoms. The summed E-state index contributed by atoms with van der Waals surface area (Å²) in [6, 6.07) is 6.75. The molecule has 0 aliphatic rings. The van der Waals surface area contributed by atoms with E-state index in [9.17, 15) is 9.90 Å². The first-order valence-electron chi connectivity index (χ1n) is 6.11. The summed E-state index contributed by atoms with van der Waals surface area (Å²) in [5.74, 6) is 0.530. The highest BCUT2D eigenvalue weighted by Gasteiger charge is 2.19. The number of benzene rings is 1. The fourth-order valence-electron chi connectivity index (χ4n) is 2.10. The molecule has 2 aromatic heterocycles. The van der Waals surface area contributed by atoms with Crippen molar-refractivity contribution >= 4 is 22.3 Å². The van der Waals surface area contributed by atoms with E-state index in [2.05, 4.69) is 0 Å². The summed E-state index contributed by atoms with van der Waals surface area (Å²) in [4.78, 5) is 13.1. The van der Waals surface area contributed by atoms with Crippen LogP contribution in [0.5, 0.6) is 17.2 Å². The molecule has 5 nitrogen and oxygen atoms in total. The van der Waals surface area contributed by atoms with Gasteiger partial charge < -0.3 is 19.0 Å². The first kappa shape index (κ1) is 13.5. The Hall–Kier alpha value is -2.47. The summed E-state index contributed by atoms with van der Waals surface area (Å²) < 4.78 is 16.1. The molecule has 0 aliphatic heterocycles. The maximum Gasteiger partial charge on any atom is 0.238 e. The van der Waals surface area contributed by atoms with Crippen molar-refractivity contribution in [2.75, 3.05) is 14.2 Å². The SMILES string of the molecule is COc1cc(OC)c2c(=O)c(O)c(-c3cccs3)oc2c1. The lowest BCUT2D eigenvalue weighted by Crippen LogP contribution is -2.04. The molecular weight excluding hydrogens is 292 g/mol. The third-order valence-electron chi connectivity index (χ3n) is 3.11. The van der Waals surface area contributed by atoms with E-state index >= 15 is 0 Å². The van der Waals surface area contributed by atoms with Crippen LogP contribution in [0, 0.1) is 0 Å². The van der Waals surface area contributed by atoms with E-state index in [-0.39, 0.29) is 11.1 Å². The Balaban J connectivity index is 2.41. The van der Waals surface area contributed by atoms with Crippen molar-refractivity contribution in [2.24, 2.45) is 0 Å². The van der Waals surface area contributed by atoms with Crippen LogP contribution in [-0.4, -0.2) is 19.3 Å². The molecule has 6 heteroatoms. The standard InChI is InChI=1S/C15H12O5S/c1-18-8-6-9(19-2)12-10(7-8)20-15(14(17)13(12)16)11-4-3-5-21-11/h3-7,17H,1-2H3. The molecule has 2 heterocycles. The number of hydrogen-bond acceptors (Lipinski definition) is 6. The second kappa shape index (κ2) is 5.14. The van der Waals surface area contributed by atoms with Crippen molar-refractivity contribution in [1.29, 1.82) is 0 Å². The normalized spacial score (nSPS) is 10.8. The molecule has 108 valence electrons. The second-order valence-corrected chi connectivity index (χ2v) is 5.24. The molecule has 1 aromatic carbocycles. The molecule has 0 radical (unpaired) electrons. The highest BCUT2D eigenvalue weighted by atomic mass is 32.1. The van der Waals surface area contributed by atoms with Crippen LogP contribution in [0.4, 0.5) is 0 Å². The molecule has 0 spiro atoms. The highest BCUT2D eigenvalue weighted by molar-refractivity contribution is 7.13. The van der Waals surface area contributed by atoms with Gasteiger partial charge in [0.15, 0.2) is 5.76 Å². The van der Waals surface area contributed by atoms with Crippen molar-refractivity contribution in [3.05, 3.63) is 39.9 Å². The molecule has 3 aromatic rings. The van der Waals surface area contributed by atoms with E-state index in [1.807, 2.05) is 11.4 Å². The van der Waals surface area contributed by atoms with Gasteiger partial charge in [-0.1, -0.05) is 6.07 Å². The predicted molar refractivity (Wildman–Crippen MR) is 80.6 cm³/mol. The van der Waals surface area contributed by atoms with Crippen molar-refractivity contribution in [1.82, 2.24) is 0 Å². The summed E-state index contributed by atoms with van der Waals surface area (Å²) in [6.45, 7) is 0. The average molecular weight is 304 g/mol. The van der Waals surface area contributed by atoms with Gasteiger partial charge in [-0.2, -0.15) is 0 Å². The Labute approximate surface area is 124 Å². The molecule has 0 unspecified atom stereocenters. The van der Waals surface area contributed by atoms with Crippen LogP contribution in [0.1, 0.15) is 0 Å². The van der Waals surface area contributed by atoms with Crippen molar-refractivity contribution < 1.29 is 19.0 Å². The molecule has 0 amide bonds. The number of rotatable bonds is 3. The number of fused-ring (bicyclic) bond motifs is 1. The zero-order chi connectivity index (χ0) is 15.0. The Morgan fingerprint density at radius 3 is 2.67 bits per heavy atom. The van der Waals surface area contributed by atoms with Crippen molar-refractivity contribution in [3.8, 4) is 27.9 Å². The third-order valence-corrected chi connectivity index (χ3v) is 3.98. The Bertz CT molecular complexity index is 849. The maximum atomic E-state index is 12.4. The van der Waals surface area contributed by atoms with E-state index in [0.717, 1.165) is 0 Å². The Morgan fingerprint density at radius 2 is 2.05 bits per heavy atom. The van der Waals surface area contributed by atoms with E-state index < -0.39 is 11.2 Å². The molecule has 3 rings (SSSR count). The van der Waals surface area contributed by atoms with Crippen LogP contribution in [0.3, 0.4) is 0 Å². The number of hydrogen-bond donors (Lipinski definition) is 1. The van der Waals surface area contributed by atoms with Crippen LogP contribution >= 0.6 is 11.3 Å². The van der Waals surface area contributed by atoms with Gasteiger partial charge >= 0.3 is 0 Å². The van der Waals surface area contributed by atoms with Gasteiger partial charge in [0.2, 0.25) is 11.2 Å². The molecular formula is C15H12O5S. The molecule has 0 aliphatic carbocycles. The first-order valence-corrected chi connectivity index (χ1v) is 6.99. The molecule has 21 heavy (non-hydrogen) atoms. The Kier molecular flexibility index (Phi) is 3.31. The van der Waals surface area contributed by atoms with Crippen LogP contribution in [0.25, 0.3) is 21.6 Å². The quantitative estimate of drug-likeness (QED) is 0.804. The molecule has 0 atom stereocenters. The summed E-state index contributed by atoms with van der Waals surface area (Å²) in [7, 11) is 2.96. The summed E-state index contributed by atoms with van der Waals surface area (Å²) in [6.07, 6.45) is 0. The van der Waals surface area contributed by atoms with Crippen LogP contribution in [0.15, 0.2) is 38.9 Å². The molecule has 1 N–H and O–H groups in total. The molecule has 0 saturated heterocycles. The number of thiophene rings is 1. The molecule has 0 fully saturated rings. The van der Waals surface area contributed by atoms with Gasteiger partial charge in [-0.15, -0.1) is 11.3 Å². The van der Waals surface area contributed by atoms with Gasteiger partial charge in [0.1, 0.15) is 22.5 Å². The number of methoxy groups -OCH3 is 2. The Morgan fingerprint density at radius 1 is 1.24 bits per heavy atom. The van der Waals surface area contributed by atoms with E-state index in [1.54, 1.807) is 18.2 Å². The zero-order valence-electron chi connectivity index (χ0n) is 11.4. The fraction of sp³-hybridized carbons (Fsp3) is 0.133. The summed E-state index contributed by atoms with van der Waals surface area (Å²) in [5.41, 5.74) is -0.225. The maximum absolute atomic E-state index is 12.4. The summed E-state index contributed by atoms with van der Waals surface area (Å²) in [5, 5.41) is 12.2. The van der Waals surface area contributed by atoms with Gasteiger partial charge in [-0.25, -0.2) is 0 Å². The van der Waals surface area contributed by atoms with Gasteiger partial charge in [0.05, 0.1) is 19.1 Å². The highest BCUT2D eigenvalue weighted by Crippen LogP contribution is 2.37. The van der Waals surface area contributed by atoms with Gasteiger partial charge in [0.25, 0.3) is 0 Å². The van der Waals surface area contributed by atoms with Crippen molar-refractivity contribution in [2.45, 2.75) is 0 Å². The van der Waals surface area contributed by atoms with E-state index in [1.165, 1.54) is 25.6 Å². The summed E-state index contributed by atoms with van der Waals surface area (Å²) >= 11 is 1.37. The predicted octanol–water partition coefficient (Wildman–Crippen LogP) is 3.24. The minimum absolute atomic E-state index is 0.151. The second-order valence-electron chi connectivity index (χ2n) is 4.29. The monoisotopic (exact) mass is 304 g/mol. The van der Waals surface area contributed by atoms with Crippen LogP contribution in [-0.2, 0) is 0 Å². The lowest BCUT2D eigenvalue weighted by atomic mass is 10.1. The number of aromatic hydroxyl groups is 1. The van der Waals surface area contributed by atoms with Gasteiger partial charge in [0, 0.05) is 12.1 Å². The zero-order valence-corrected chi connectivity index (χ0v) is 12.2.